The fourth-order valence-electron chi connectivity index (χ4n) is 2.75. The molecule has 0 atom stereocenters. The van der Waals surface area contributed by atoms with Crippen molar-refractivity contribution in [2.24, 2.45) is 0 Å². The molecule has 0 aliphatic heterocycles. The van der Waals surface area contributed by atoms with Gasteiger partial charge in [-0.1, -0.05) is 17.7 Å². The van der Waals surface area contributed by atoms with E-state index in [0.717, 1.165) is 49.4 Å². The Kier molecular flexibility index (Phi) is 6.70. The van der Waals surface area contributed by atoms with E-state index in [1.165, 1.54) is 0 Å². The number of nitrogens with zero attached hydrogens (tertiary/aromatic N) is 3. The fourth-order valence-corrected chi connectivity index (χ4v) is 2.93. The van der Waals surface area contributed by atoms with Crippen LogP contribution in [0, 0.1) is 6.92 Å². The lowest BCUT2D eigenvalue weighted by atomic mass is 10.2. The van der Waals surface area contributed by atoms with Gasteiger partial charge in [-0.25, -0.2) is 9.78 Å². The Hall–Kier alpha value is -2.38. The molecule has 28 heavy (non-hydrogen) atoms. The van der Waals surface area contributed by atoms with Crippen LogP contribution in [-0.4, -0.2) is 48.1 Å². The van der Waals surface area contributed by atoms with Crippen LogP contribution in [0.4, 0.5) is 22.2 Å². The van der Waals surface area contributed by atoms with Crippen molar-refractivity contribution in [2.45, 2.75) is 32.1 Å². The van der Waals surface area contributed by atoms with Gasteiger partial charge in [0.25, 0.3) is 0 Å². The molecular formula is C20H27ClN6O. The number of aryl methyl sites for hydroxylation is 1. The van der Waals surface area contributed by atoms with Crippen molar-refractivity contribution in [3.05, 3.63) is 40.5 Å². The molecule has 0 spiro atoms. The van der Waals surface area contributed by atoms with Gasteiger partial charge < -0.3 is 15.5 Å². The number of hydrogen-bond donors (Lipinski definition) is 3. The first-order valence-electron chi connectivity index (χ1n) is 9.52. The van der Waals surface area contributed by atoms with E-state index in [1.54, 1.807) is 12.1 Å². The second-order valence-corrected chi connectivity index (χ2v) is 7.81. The second kappa shape index (κ2) is 9.21. The van der Waals surface area contributed by atoms with Gasteiger partial charge in [0.2, 0.25) is 5.95 Å². The molecule has 150 valence electrons. The Morgan fingerprint density at radius 1 is 1.21 bits per heavy atom. The normalized spacial score (nSPS) is 13.5. The Bertz CT molecular complexity index is 837. The number of rotatable bonds is 8. The molecule has 0 bridgehead atoms. The minimum Gasteiger partial charge on any atom is -0.370 e. The number of halogens is 1. The van der Waals surface area contributed by atoms with E-state index >= 15 is 0 Å². The van der Waals surface area contributed by atoms with Crippen molar-refractivity contribution in [3.63, 3.8) is 0 Å². The summed E-state index contributed by atoms with van der Waals surface area (Å²) in [5, 5.41) is 9.44. The highest BCUT2D eigenvalue weighted by atomic mass is 35.5. The monoisotopic (exact) mass is 402 g/mol. The predicted molar refractivity (Wildman–Crippen MR) is 114 cm³/mol. The van der Waals surface area contributed by atoms with Crippen molar-refractivity contribution in [2.75, 3.05) is 43.1 Å². The van der Waals surface area contributed by atoms with E-state index in [0.29, 0.717) is 22.6 Å². The van der Waals surface area contributed by atoms with E-state index in [2.05, 4.69) is 44.9 Å². The van der Waals surface area contributed by atoms with Crippen LogP contribution in [-0.2, 0) is 0 Å². The lowest BCUT2D eigenvalue weighted by Gasteiger charge is -2.13. The Morgan fingerprint density at radius 2 is 2.00 bits per heavy atom. The molecule has 2 aromatic rings. The van der Waals surface area contributed by atoms with Gasteiger partial charge in [-0.05, 0) is 64.5 Å². The number of anilines is 3. The summed E-state index contributed by atoms with van der Waals surface area (Å²) in [5.41, 5.74) is 2.55. The first-order chi connectivity index (χ1) is 13.4. The third-order valence-electron chi connectivity index (χ3n) is 4.48. The SMILES string of the molecule is Cc1ccc(NC(=O)Nc2nc(NCCCN(C)C)cc(C3CC3)n2)cc1Cl. The van der Waals surface area contributed by atoms with E-state index in [-0.39, 0.29) is 0 Å². The van der Waals surface area contributed by atoms with Gasteiger partial charge in [0.05, 0.1) is 5.69 Å². The first kappa shape index (κ1) is 20.4. The molecule has 8 heteroatoms. The van der Waals surface area contributed by atoms with E-state index in [4.69, 9.17) is 11.6 Å². The number of carbonyl (C=O) groups is 1. The summed E-state index contributed by atoms with van der Waals surface area (Å²) in [6.07, 6.45) is 3.27. The summed E-state index contributed by atoms with van der Waals surface area (Å²) >= 11 is 6.11. The van der Waals surface area contributed by atoms with Crippen molar-refractivity contribution in [1.29, 1.82) is 0 Å². The number of urea groups is 1. The second-order valence-electron chi connectivity index (χ2n) is 7.40. The van der Waals surface area contributed by atoms with Crippen molar-refractivity contribution >= 4 is 35.1 Å². The molecule has 2 amide bonds. The molecule has 0 unspecified atom stereocenters. The predicted octanol–water partition coefficient (Wildman–Crippen LogP) is 4.32. The lowest BCUT2D eigenvalue weighted by Crippen LogP contribution is -2.22. The Morgan fingerprint density at radius 3 is 2.68 bits per heavy atom. The molecule has 1 saturated carbocycles. The number of carbonyl (C=O) groups excluding carboxylic acids is 1. The summed E-state index contributed by atoms with van der Waals surface area (Å²) in [6, 6.07) is 6.97. The summed E-state index contributed by atoms with van der Waals surface area (Å²) in [7, 11) is 4.11. The summed E-state index contributed by atoms with van der Waals surface area (Å²) in [4.78, 5) is 23.4. The molecule has 1 aromatic heterocycles. The quantitative estimate of drug-likeness (QED) is 0.572. The fraction of sp³-hybridized carbons (Fsp3) is 0.450. The van der Waals surface area contributed by atoms with E-state index in [1.807, 2.05) is 19.1 Å². The van der Waals surface area contributed by atoms with Crippen LogP contribution in [0.15, 0.2) is 24.3 Å². The molecule has 1 heterocycles. The van der Waals surface area contributed by atoms with Gasteiger partial charge in [0, 0.05) is 29.2 Å². The smallest absolute Gasteiger partial charge is 0.326 e. The van der Waals surface area contributed by atoms with Crippen LogP contribution < -0.4 is 16.0 Å². The molecular weight excluding hydrogens is 376 g/mol. The molecule has 1 aliphatic carbocycles. The molecule has 0 saturated heterocycles. The Labute approximate surface area is 170 Å². The molecule has 1 aliphatic rings. The lowest BCUT2D eigenvalue weighted by molar-refractivity contribution is 0.262. The summed E-state index contributed by atoms with van der Waals surface area (Å²) in [6.45, 7) is 3.73. The van der Waals surface area contributed by atoms with Gasteiger partial charge in [-0.3, -0.25) is 5.32 Å². The highest BCUT2D eigenvalue weighted by Crippen LogP contribution is 2.39. The summed E-state index contributed by atoms with van der Waals surface area (Å²) in [5.74, 6) is 1.50. The van der Waals surface area contributed by atoms with Crippen LogP contribution in [0.2, 0.25) is 5.02 Å². The standard InChI is InChI=1S/C20H27ClN6O/c1-13-5-8-15(11-16(13)21)23-20(28)26-19-24-17(14-6-7-14)12-18(25-19)22-9-4-10-27(2)3/h5,8,11-12,14H,4,6-7,9-10H2,1-3H3,(H3,22,23,24,25,26,28). The topological polar surface area (TPSA) is 82.2 Å². The average Bonchev–Trinajstić information content (AvgIpc) is 3.47. The first-order valence-corrected chi connectivity index (χ1v) is 9.90. The highest BCUT2D eigenvalue weighted by Gasteiger charge is 2.26. The maximum Gasteiger partial charge on any atom is 0.326 e. The van der Waals surface area contributed by atoms with Gasteiger partial charge in [0.1, 0.15) is 5.82 Å². The highest BCUT2D eigenvalue weighted by molar-refractivity contribution is 6.31. The van der Waals surface area contributed by atoms with Crippen molar-refractivity contribution < 1.29 is 4.79 Å². The zero-order valence-electron chi connectivity index (χ0n) is 16.6. The zero-order chi connectivity index (χ0) is 20.1. The number of amides is 2. The average molecular weight is 403 g/mol. The van der Waals surface area contributed by atoms with Gasteiger partial charge in [-0.2, -0.15) is 4.98 Å². The number of nitrogens with one attached hydrogen (secondary N) is 3. The molecule has 1 fully saturated rings. The van der Waals surface area contributed by atoms with Crippen LogP contribution in [0.5, 0.6) is 0 Å². The van der Waals surface area contributed by atoms with Crippen LogP contribution in [0.3, 0.4) is 0 Å². The van der Waals surface area contributed by atoms with Crippen LogP contribution >= 0.6 is 11.6 Å². The minimum atomic E-state index is -0.397. The van der Waals surface area contributed by atoms with Gasteiger partial charge in [-0.15, -0.1) is 0 Å². The number of benzene rings is 1. The summed E-state index contributed by atoms with van der Waals surface area (Å²) < 4.78 is 0. The zero-order valence-corrected chi connectivity index (χ0v) is 17.3. The third-order valence-corrected chi connectivity index (χ3v) is 4.89. The van der Waals surface area contributed by atoms with Crippen LogP contribution in [0.1, 0.15) is 36.4 Å². The molecule has 1 aromatic carbocycles. The molecule has 0 radical (unpaired) electrons. The van der Waals surface area contributed by atoms with Crippen molar-refractivity contribution in [3.8, 4) is 0 Å². The van der Waals surface area contributed by atoms with Gasteiger partial charge in [0.15, 0.2) is 0 Å². The number of hydrogen-bond acceptors (Lipinski definition) is 5. The Balaban J connectivity index is 1.64. The van der Waals surface area contributed by atoms with Gasteiger partial charge >= 0.3 is 6.03 Å². The largest absolute Gasteiger partial charge is 0.370 e. The van der Waals surface area contributed by atoms with Crippen LogP contribution in [0.25, 0.3) is 0 Å². The minimum absolute atomic E-state index is 0.301. The van der Waals surface area contributed by atoms with Crippen molar-refractivity contribution in [1.82, 2.24) is 14.9 Å². The maximum atomic E-state index is 12.4. The number of aromatic nitrogens is 2. The van der Waals surface area contributed by atoms with E-state index < -0.39 is 6.03 Å². The maximum absolute atomic E-state index is 12.4. The molecule has 3 N–H and O–H groups in total. The molecule has 3 rings (SSSR count). The molecule has 7 nitrogen and oxygen atoms in total. The van der Waals surface area contributed by atoms with E-state index in [9.17, 15) is 4.79 Å². The third kappa shape index (κ3) is 6.07.